The summed E-state index contributed by atoms with van der Waals surface area (Å²) in [6, 6.07) is 0. The largest absolute Gasteiger partial charge is 0.369 e. The summed E-state index contributed by atoms with van der Waals surface area (Å²) in [7, 11) is 0. The molecule has 1 unspecified atom stereocenters. The Morgan fingerprint density at radius 3 is 3.00 bits per heavy atom. The smallest absolute Gasteiger partial charge is 0.221 e. The second-order valence-corrected chi connectivity index (χ2v) is 4.07. The second-order valence-electron chi connectivity index (χ2n) is 3.09. The van der Waals surface area contributed by atoms with Crippen molar-refractivity contribution in [1.29, 1.82) is 0 Å². The van der Waals surface area contributed by atoms with E-state index in [1.807, 2.05) is 0 Å². The first-order valence-electron chi connectivity index (χ1n) is 4.53. The summed E-state index contributed by atoms with van der Waals surface area (Å²) in [4.78, 5) is 10.8. The van der Waals surface area contributed by atoms with Crippen LogP contribution in [0.25, 0.3) is 0 Å². The third-order valence-electron chi connectivity index (χ3n) is 1.79. The monoisotopic (exact) mass is 230 g/mol. The molecular weight excluding hydrogens is 216 g/mol. The minimum atomic E-state index is -0.319. The molecule has 15 heavy (non-hydrogen) atoms. The number of hydrogen-bond acceptors (Lipinski definition) is 6. The number of tetrazole rings is 1. The van der Waals surface area contributed by atoms with Gasteiger partial charge in [-0.05, 0) is 10.4 Å². The highest BCUT2D eigenvalue weighted by Gasteiger charge is 2.12. The SMILES string of the molecule is CC(CSc1nnnn1CCN)C(N)=O. The van der Waals surface area contributed by atoms with E-state index in [0.29, 0.717) is 24.0 Å². The molecule has 8 heteroatoms. The van der Waals surface area contributed by atoms with E-state index in [2.05, 4.69) is 15.5 Å². The summed E-state index contributed by atoms with van der Waals surface area (Å²) in [5.74, 6) is 0.0543. The van der Waals surface area contributed by atoms with Gasteiger partial charge in [-0.3, -0.25) is 4.79 Å². The van der Waals surface area contributed by atoms with Crippen LogP contribution in [0.15, 0.2) is 5.16 Å². The van der Waals surface area contributed by atoms with E-state index in [0.717, 1.165) is 0 Å². The molecule has 1 aromatic rings. The zero-order valence-corrected chi connectivity index (χ0v) is 9.28. The molecule has 0 bridgehead atoms. The average Bonchev–Trinajstić information content (AvgIpc) is 2.62. The van der Waals surface area contributed by atoms with Gasteiger partial charge in [0.2, 0.25) is 11.1 Å². The lowest BCUT2D eigenvalue weighted by molar-refractivity contribution is -0.120. The standard InChI is InChI=1S/C7H14N6OS/c1-5(6(9)14)4-15-7-10-11-12-13(7)3-2-8/h5H,2-4,8H2,1H3,(H2,9,14). The predicted octanol–water partition coefficient (Wildman–Crippen LogP) is -1.15. The number of carbonyl (C=O) groups is 1. The molecule has 0 aromatic carbocycles. The van der Waals surface area contributed by atoms with Gasteiger partial charge in [-0.2, -0.15) is 0 Å². The maximum absolute atomic E-state index is 10.8. The number of rotatable bonds is 6. The molecule has 0 aliphatic carbocycles. The van der Waals surface area contributed by atoms with Crippen LogP contribution in [0.1, 0.15) is 6.92 Å². The van der Waals surface area contributed by atoms with Gasteiger partial charge in [0.25, 0.3) is 0 Å². The first kappa shape index (κ1) is 11.9. The zero-order valence-electron chi connectivity index (χ0n) is 8.46. The highest BCUT2D eigenvalue weighted by Crippen LogP contribution is 2.16. The third kappa shape index (κ3) is 3.48. The van der Waals surface area contributed by atoms with Crippen LogP contribution in [0, 0.1) is 5.92 Å². The Morgan fingerprint density at radius 2 is 2.40 bits per heavy atom. The van der Waals surface area contributed by atoms with Crippen LogP contribution in [0.5, 0.6) is 0 Å². The van der Waals surface area contributed by atoms with E-state index in [4.69, 9.17) is 11.5 Å². The van der Waals surface area contributed by atoms with Gasteiger partial charge < -0.3 is 11.5 Å². The Balaban J connectivity index is 2.49. The Bertz CT molecular complexity index is 327. The van der Waals surface area contributed by atoms with Gasteiger partial charge in [0.05, 0.1) is 6.54 Å². The first-order valence-corrected chi connectivity index (χ1v) is 5.52. The quantitative estimate of drug-likeness (QED) is 0.596. The van der Waals surface area contributed by atoms with Crippen LogP contribution in [-0.4, -0.2) is 38.4 Å². The number of hydrogen-bond donors (Lipinski definition) is 2. The maximum atomic E-state index is 10.8. The van der Waals surface area contributed by atoms with Gasteiger partial charge in [0, 0.05) is 18.2 Å². The molecule has 7 nitrogen and oxygen atoms in total. The van der Waals surface area contributed by atoms with Crippen LogP contribution in [0.4, 0.5) is 0 Å². The zero-order chi connectivity index (χ0) is 11.3. The summed E-state index contributed by atoms with van der Waals surface area (Å²) < 4.78 is 1.61. The van der Waals surface area contributed by atoms with Gasteiger partial charge >= 0.3 is 0 Å². The Hall–Kier alpha value is -1.15. The normalized spacial score (nSPS) is 12.7. The Kier molecular flexibility index (Phi) is 4.50. The topological polar surface area (TPSA) is 113 Å². The molecule has 1 aromatic heterocycles. The molecule has 0 spiro atoms. The summed E-state index contributed by atoms with van der Waals surface area (Å²) in [5.41, 5.74) is 10.5. The second kappa shape index (κ2) is 5.66. The number of aromatic nitrogens is 4. The number of thioether (sulfide) groups is 1. The highest BCUT2D eigenvalue weighted by atomic mass is 32.2. The minimum Gasteiger partial charge on any atom is -0.369 e. The molecule has 1 rings (SSSR count). The summed E-state index contributed by atoms with van der Waals surface area (Å²) in [6.45, 7) is 2.82. The lowest BCUT2D eigenvalue weighted by atomic mass is 10.2. The number of nitrogens with two attached hydrogens (primary N) is 2. The summed E-state index contributed by atoms with van der Waals surface area (Å²) in [6.07, 6.45) is 0. The highest BCUT2D eigenvalue weighted by molar-refractivity contribution is 7.99. The molecule has 1 amide bonds. The van der Waals surface area contributed by atoms with Crippen LogP contribution in [0.2, 0.25) is 0 Å². The van der Waals surface area contributed by atoms with E-state index in [9.17, 15) is 4.79 Å². The molecule has 0 aliphatic rings. The lowest BCUT2D eigenvalue weighted by Gasteiger charge is -2.05. The van der Waals surface area contributed by atoms with Crippen molar-refractivity contribution in [3.8, 4) is 0 Å². The number of primary amides is 1. The van der Waals surface area contributed by atoms with Crippen LogP contribution < -0.4 is 11.5 Å². The van der Waals surface area contributed by atoms with Crippen molar-refractivity contribution in [3.63, 3.8) is 0 Å². The van der Waals surface area contributed by atoms with E-state index < -0.39 is 0 Å². The van der Waals surface area contributed by atoms with Crippen molar-refractivity contribution in [2.24, 2.45) is 17.4 Å². The Morgan fingerprint density at radius 1 is 1.67 bits per heavy atom. The van der Waals surface area contributed by atoms with Crippen molar-refractivity contribution in [2.75, 3.05) is 12.3 Å². The molecule has 0 fully saturated rings. The van der Waals surface area contributed by atoms with E-state index in [1.54, 1.807) is 11.6 Å². The molecule has 1 heterocycles. The van der Waals surface area contributed by atoms with E-state index >= 15 is 0 Å². The van der Waals surface area contributed by atoms with Crippen molar-refractivity contribution in [1.82, 2.24) is 20.2 Å². The van der Waals surface area contributed by atoms with Gasteiger partial charge in [-0.25, -0.2) is 4.68 Å². The van der Waals surface area contributed by atoms with Crippen molar-refractivity contribution < 1.29 is 4.79 Å². The molecule has 84 valence electrons. The summed E-state index contributed by atoms with van der Waals surface area (Å²) in [5, 5.41) is 11.8. The van der Waals surface area contributed by atoms with Crippen molar-refractivity contribution >= 4 is 17.7 Å². The molecule has 4 N–H and O–H groups in total. The van der Waals surface area contributed by atoms with Crippen LogP contribution >= 0.6 is 11.8 Å². The minimum absolute atomic E-state index is 0.196. The molecule has 1 atom stereocenters. The molecule has 0 aliphatic heterocycles. The third-order valence-corrected chi connectivity index (χ3v) is 3.01. The predicted molar refractivity (Wildman–Crippen MR) is 56.0 cm³/mol. The van der Waals surface area contributed by atoms with Gasteiger partial charge in [0.1, 0.15) is 0 Å². The lowest BCUT2D eigenvalue weighted by Crippen LogP contribution is -2.22. The fourth-order valence-corrected chi connectivity index (χ4v) is 1.78. The fourth-order valence-electron chi connectivity index (χ4n) is 0.844. The van der Waals surface area contributed by atoms with Crippen molar-refractivity contribution in [3.05, 3.63) is 0 Å². The van der Waals surface area contributed by atoms with E-state index in [1.165, 1.54) is 11.8 Å². The van der Waals surface area contributed by atoms with Crippen LogP contribution in [0.3, 0.4) is 0 Å². The van der Waals surface area contributed by atoms with Gasteiger partial charge in [-0.1, -0.05) is 18.7 Å². The molecule has 0 saturated carbocycles. The summed E-state index contributed by atoms with van der Waals surface area (Å²) >= 11 is 1.40. The van der Waals surface area contributed by atoms with Crippen molar-refractivity contribution in [2.45, 2.75) is 18.6 Å². The number of carbonyl (C=O) groups excluding carboxylic acids is 1. The average molecular weight is 230 g/mol. The number of nitrogens with zero attached hydrogens (tertiary/aromatic N) is 4. The van der Waals surface area contributed by atoms with Gasteiger partial charge in [0.15, 0.2) is 0 Å². The molecular formula is C7H14N6OS. The molecule has 0 saturated heterocycles. The first-order chi connectivity index (χ1) is 7.15. The fraction of sp³-hybridized carbons (Fsp3) is 0.714. The number of amides is 1. The van der Waals surface area contributed by atoms with E-state index in [-0.39, 0.29) is 11.8 Å². The Labute approximate surface area is 91.6 Å². The molecule has 0 radical (unpaired) electrons. The van der Waals surface area contributed by atoms with Gasteiger partial charge in [-0.15, -0.1) is 5.10 Å². The van der Waals surface area contributed by atoms with Crippen LogP contribution in [-0.2, 0) is 11.3 Å². The maximum Gasteiger partial charge on any atom is 0.221 e.